The van der Waals surface area contributed by atoms with Crippen molar-refractivity contribution in [1.29, 1.82) is 5.26 Å². The number of nitrogens with zero attached hydrogens (tertiary/aromatic N) is 1. The van der Waals surface area contributed by atoms with Crippen LogP contribution in [0.25, 0.3) is 0 Å². The summed E-state index contributed by atoms with van der Waals surface area (Å²) in [5.41, 5.74) is 1.32. The van der Waals surface area contributed by atoms with E-state index in [0.717, 1.165) is 11.3 Å². The summed E-state index contributed by atoms with van der Waals surface area (Å²) in [7, 11) is 0. The van der Waals surface area contributed by atoms with Crippen molar-refractivity contribution in [3.05, 3.63) is 90.0 Å². The highest BCUT2D eigenvalue weighted by molar-refractivity contribution is 5.96. The fourth-order valence-corrected chi connectivity index (χ4v) is 2.75. The lowest BCUT2D eigenvalue weighted by Crippen LogP contribution is -2.23. The second-order valence-electron chi connectivity index (χ2n) is 6.28. The molecule has 6 heteroatoms. The van der Waals surface area contributed by atoms with Crippen molar-refractivity contribution in [1.82, 2.24) is 5.32 Å². The van der Waals surface area contributed by atoms with Gasteiger partial charge in [-0.15, -0.1) is 0 Å². The van der Waals surface area contributed by atoms with Gasteiger partial charge in [0, 0.05) is 6.54 Å². The van der Waals surface area contributed by atoms with Gasteiger partial charge in [-0.1, -0.05) is 42.5 Å². The molecule has 0 spiro atoms. The predicted molar refractivity (Wildman–Crippen MR) is 113 cm³/mol. The normalized spacial score (nSPS) is 9.97. The van der Waals surface area contributed by atoms with Gasteiger partial charge >= 0.3 is 0 Å². The van der Waals surface area contributed by atoms with Gasteiger partial charge in [0.05, 0.1) is 5.56 Å². The van der Waals surface area contributed by atoms with E-state index in [9.17, 15) is 4.79 Å². The number of benzene rings is 3. The Morgan fingerprint density at radius 2 is 1.57 bits per heavy atom. The smallest absolute Gasteiger partial charge is 0.255 e. The zero-order chi connectivity index (χ0) is 21.0. The van der Waals surface area contributed by atoms with Crippen LogP contribution in [0.1, 0.15) is 15.9 Å². The van der Waals surface area contributed by atoms with Gasteiger partial charge in [0.25, 0.3) is 5.91 Å². The van der Waals surface area contributed by atoms with Crippen LogP contribution < -0.4 is 19.5 Å². The van der Waals surface area contributed by atoms with E-state index in [0.29, 0.717) is 36.8 Å². The molecule has 0 aliphatic rings. The van der Waals surface area contributed by atoms with Crippen molar-refractivity contribution >= 4 is 5.91 Å². The molecule has 3 aromatic carbocycles. The number of carbonyl (C=O) groups excluding carboxylic acids is 1. The third kappa shape index (κ3) is 6.28. The summed E-state index contributed by atoms with van der Waals surface area (Å²) in [6.07, 6.45) is 0. The van der Waals surface area contributed by atoms with Gasteiger partial charge in [-0.25, -0.2) is 0 Å². The number of para-hydroxylation sites is 2. The standard InChI is InChI=1S/C24H22N2O4/c25-13-14-28-21-10-6-7-19(17-21)18-26-24(27)22-11-4-5-12-23(22)30-16-15-29-20-8-2-1-3-9-20/h1-12,17H,14-16,18H2,(H,26,27). The zero-order valence-corrected chi connectivity index (χ0v) is 16.4. The Morgan fingerprint density at radius 1 is 0.833 bits per heavy atom. The van der Waals surface area contributed by atoms with Crippen LogP contribution in [0, 0.1) is 11.3 Å². The largest absolute Gasteiger partial charge is 0.490 e. The van der Waals surface area contributed by atoms with Crippen LogP contribution in [0.2, 0.25) is 0 Å². The molecule has 30 heavy (non-hydrogen) atoms. The summed E-state index contributed by atoms with van der Waals surface area (Å²) in [6, 6.07) is 25.8. The molecule has 6 nitrogen and oxygen atoms in total. The lowest BCUT2D eigenvalue weighted by molar-refractivity contribution is 0.0945. The number of hydrogen-bond acceptors (Lipinski definition) is 5. The summed E-state index contributed by atoms with van der Waals surface area (Å²) < 4.78 is 16.7. The minimum atomic E-state index is -0.238. The van der Waals surface area contributed by atoms with Gasteiger partial charge in [-0.05, 0) is 42.0 Å². The van der Waals surface area contributed by atoms with Crippen LogP contribution in [0.5, 0.6) is 17.2 Å². The van der Waals surface area contributed by atoms with Crippen LogP contribution in [0.4, 0.5) is 0 Å². The van der Waals surface area contributed by atoms with Crippen molar-refractivity contribution < 1.29 is 19.0 Å². The van der Waals surface area contributed by atoms with Gasteiger partial charge in [-0.3, -0.25) is 4.79 Å². The van der Waals surface area contributed by atoms with Crippen molar-refractivity contribution in [3.8, 4) is 23.3 Å². The van der Waals surface area contributed by atoms with E-state index in [1.807, 2.05) is 54.6 Å². The molecule has 0 aliphatic heterocycles. The van der Waals surface area contributed by atoms with Crippen LogP contribution >= 0.6 is 0 Å². The second-order valence-corrected chi connectivity index (χ2v) is 6.28. The first-order valence-electron chi connectivity index (χ1n) is 9.53. The summed E-state index contributed by atoms with van der Waals surface area (Å²) in [4.78, 5) is 12.7. The molecule has 3 rings (SSSR count). The number of hydrogen-bond donors (Lipinski definition) is 1. The van der Waals surface area contributed by atoms with Crippen LogP contribution in [0.15, 0.2) is 78.9 Å². The Bertz CT molecular complexity index is 999. The maximum Gasteiger partial charge on any atom is 0.255 e. The van der Waals surface area contributed by atoms with E-state index < -0.39 is 0 Å². The fraction of sp³-hybridized carbons (Fsp3) is 0.167. The summed E-state index contributed by atoms with van der Waals surface area (Å²) in [5, 5.41) is 11.5. The SMILES string of the molecule is N#CCOc1cccc(CNC(=O)c2ccccc2OCCOc2ccccc2)c1. The van der Waals surface area contributed by atoms with Gasteiger partial charge in [-0.2, -0.15) is 5.26 Å². The number of ether oxygens (including phenoxy) is 3. The highest BCUT2D eigenvalue weighted by Crippen LogP contribution is 2.19. The summed E-state index contributed by atoms with van der Waals surface area (Å²) >= 11 is 0. The minimum absolute atomic E-state index is 0.0193. The van der Waals surface area contributed by atoms with E-state index in [1.165, 1.54) is 0 Å². The minimum Gasteiger partial charge on any atom is -0.490 e. The molecule has 0 aliphatic carbocycles. The second kappa shape index (κ2) is 11.1. The zero-order valence-electron chi connectivity index (χ0n) is 16.4. The van der Waals surface area contributed by atoms with Gasteiger partial charge in [0.2, 0.25) is 0 Å². The Kier molecular flexibility index (Phi) is 7.69. The topological polar surface area (TPSA) is 80.6 Å². The fourth-order valence-electron chi connectivity index (χ4n) is 2.75. The predicted octanol–water partition coefficient (Wildman–Crippen LogP) is 3.98. The van der Waals surface area contributed by atoms with E-state index in [1.54, 1.807) is 30.3 Å². The van der Waals surface area contributed by atoms with Gasteiger partial charge in [0.15, 0.2) is 6.61 Å². The molecule has 152 valence electrons. The molecule has 0 atom stereocenters. The molecular weight excluding hydrogens is 380 g/mol. The molecule has 0 fully saturated rings. The first-order valence-corrected chi connectivity index (χ1v) is 9.53. The first-order chi connectivity index (χ1) is 14.8. The molecule has 1 amide bonds. The molecule has 0 radical (unpaired) electrons. The molecule has 0 heterocycles. The van der Waals surface area contributed by atoms with Crippen molar-refractivity contribution in [2.45, 2.75) is 6.54 Å². The van der Waals surface area contributed by atoms with Gasteiger partial charge in [0.1, 0.15) is 36.5 Å². The first kappa shape index (κ1) is 20.7. The molecular formula is C24H22N2O4. The Hall–Kier alpha value is -3.98. The third-order valence-electron chi connectivity index (χ3n) is 4.14. The van der Waals surface area contributed by atoms with E-state index in [-0.39, 0.29) is 12.5 Å². The average Bonchev–Trinajstić information content (AvgIpc) is 2.80. The van der Waals surface area contributed by atoms with Crippen LogP contribution in [-0.2, 0) is 6.54 Å². The number of nitriles is 1. The van der Waals surface area contributed by atoms with E-state index in [2.05, 4.69) is 5.32 Å². The number of amides is 1. The van der Waals surface area contributed by atoms with Gasteiger partial charge < -0.3 is 19.5 Å². The number of nitrogens with one attached hydrogen (secondary N) is 1. The highest BCUT2D eigenvalue weighted by atomic mass is 16.5. The quantitative estimate of drug-likeness (QED) is 0.519. The Balaban J connectivity index is 1.53. The van der Waals surface area contributed by atoms with Crippen molar-refractivity contribution in [3.63, 3.8) is 0 Å². The Morgan fingerprint density at radius 3 is 2.40 bits per heavy atom. The monoisotopic (exact) mass is 402 g/mol. The number of carbonyl (C=O) groups is 1. The molecule has 0 bridgehead atoms. The lowest BCUT2D eigenvalue weighted by Gasteiger charge is -2.13. The van der Waals surface area contributed by atoms with E-state index in [4.69, 9.17) is 19.5 Å². The molecule has 0 saturated carbocycles. The Labute approximate surface area is 175 Å². The molecule has 0 unspecified atom stereocenters. The molecule has 3 aromatic rings. The highest BCUT2D eigenvalue weighted by Gasteiger charge is 2.12. The maximum atomic E-state index is 12.7. The van der Waals surface area contributed by atoms with Crippen LogP contribution in [-0.4, -0.2) is 25.7 Å². The summed E-state index contributed by atoms with van der Waals surface area (Å²) in [5.74, 6) is 1.62. The maximum absolute atomic E-state index is 12.7. The average molecular weight is 402 g/mol. The summed E-state index contributed by atoms with van der Waals surface area (Å²) in [6.45, 7) is 0.996. The number of rotatable bonds is 10. The molecule has 0 aromatic heterocycles. The molecule has 1 N–H and O–H groups in total. The van der Waals surface area contributed by atoms with E-state index >= 15 is 0 Å². The van der Waals surface area contributed by atoms with Crippen molar-refractivity contribution in [2.75, 3.05) is 19.8 Å². The third-order valence-corrected chi connectivity index (χ3v) is 4.14. The van der Waals surface area contributed by atoms with Crippen LogP contribution in [0.3, 0.4) is 0 Å². The lowest BCUT2D eigenvalue weighted by atomic mass is 10.1. The molecule has 0 saturated heterocycles. The van der Waals surface area contributed by atoms with Crippen molar-refractivity contribution in [2.24, 2.45) is 0 Å².